The lowest BCUT2D eigenvalue weighted by atomic mass is 10.2. The van der Waals surface area contributed by atoms with Gasteiger partial charge in [-0.1, -0.05) is 6.07 Å². The van der Waals surface area contributed by atoms with E-state index in [2.05, 4.69) is 10.6 Å². The van der Waals surface area contributed by atoms with Crippen LogP contribution in [0.1, 0.15) is 10.4 Å². The number of hydrogen-bond acceptors (Lipinski definition) is 4. The van der Waals surface area contributed by atoms with E-state index in [0.717, 1.165) is 12.1 Å². The molecule has 0 aliphatic carbocycles. The van der Waals surface area contributed by atoms with Crippen LogP contribution in [0.15, 0.2) is 24.3 Å². The van der Waals surface area contributed by atoms with Crippen molar-refractivity contribution in [2.24, 2.45) is 11.6 Å². The molecule has 0 fully saturated rings. The van der Waals surface area contributed by atoms with Gasteiger partial charge in [0.2, 0.25) is 5.91 Å². The Balaban J connectivity index is 2.92. The molecule has 0 radical (unpaired) electrons. The highest BCUT2D eigenvalue weighted by atomic mass is 19.3. The summed E-state index contributed by atoms with van der Waals surface area (Å²) in [4.78, 5) is 21.4. The third-order valence-corrected chi connectivity index (χ3v) is 1.76. The van der Waals surface area contributed by atoms with E-state index < -0.39 is 17.9 Å². The molecule has 1 rings (SSSR count). The van der Waals surface area contributed by atoms with Crippen LogP contribution in [-0.4, -0.2) is 17.9 Å². The van der Waals surface area contributed by atoms with Crippen LogP contribution in [0.3, 0.4) is 0 Å². The Hall–Kier alpha value is -2.22. The monoisotopic (exact) mass is 245 g/mol. The van der Waals surface area contributed by atoms with Crippen LogP contribution in [-0.2, 0) is 4.79 Å². The van der Waals surface area contributed by atoms with Crippen LogP contribution < -0.4 is 21.7 Å². The zero-order chi connectivity index (χ0) is 13.1. The standard InChI is InChI=1S/C9H9F2N3O3/c10-9(11,8(16)14-13)17-6-3-1-2-5(4-6)7(12)15/h1-4H,13H2,(H2,12,15)(H,14,16). The maximum Gasteiger partial charge on any atom is 0.483 e. The van der Waals surface area contributed by atoms with Crippen molar-refractivity contribution in [3.8, 4) is 5.75 Å². The molecule has 0 saturated heterocycles. The van der Waals surface area contributed by atoms with Gasteiger partial charge in [-0.25, -0.2) is 5.84 Å². The normalized spacial score (nSPS) is 10.8. The van der Waals surface area contributed by atoms with Gasteiger partial charge in [-0.2, -0.15) is 8.78 Å². The van der Waals surface area contributed by atoms with Gasteiger partial charge in [-0.15, -0.1) is 0 Å². The van der Waals surface area contributed by atoms with Crippen molar-refractivity contribution >= 4 is 11.8 Å². The molecule has 0 aliphatic rings. The largest absolute Gasteiger partial charge is 0.483 e. The number of primary amides is 1. The van der Waals surface area contributed by atoms with E-state index in [4.69, 9.17) is 5.73 Å². The van der Waals surface area contributed by atoms with E-state index >= 15 is 0 Å². The first kappa shape index (κ1) is 12.8. The molecule has 0 bridgehead atoms. The molecule has 0 saturated carbocycles. The second kappa shape index (κ2) is 4.74. The summed E-state index contributed by atoms with van der Waals surface area (Å²) in [6.07, 6.45) is -4.13. The number of carbonyl (C=O) groups is 2. The first-order valence-corrected chi connectivity index (χ1v) is 4.34. The SMILES string of the molecule is NNC(=O)C(F)(F)Oc1cccc(C(N)=O)c1. The molecular formula is C9H9F2N3O3. The van der Waals surface area contributed by atoms with Crippen molar-refractivity contribution in [2.45, 2.75) is 6.11 Å². The molecule has 0 aliphatic heterocycles. The van der Waals surface area contributed by atoms with Gasteiger partial charge in [0.1, 0.15) is 5.75 Å². The maximum atomic E-state index is 13.0. The summed E-state index contributed by atoms with van der Waals surface area (Å²) in [7, 11) is 0. The first-order valence-electron chi connectivity index (χ1n) is 4.34. The maximum absolute atomic E-state index is 13.0. The van der Waals surface area contributed by atoms with Crippen molar-refractivity contribution in [3.63, 3.8) is 0 Å². The van der Waals surface area contributed by atoms with E-state index in [0.29, 0.717) is 0 Å². The minimum atomic E-state index is -4.13. The Morgan fingerprint density at radius 2 is 2.00 bits per heavy atom. The van der Waals surface area contributed by atoms with Gasteiger partial charge in [0.15, 0.2) is 0 Å². The van der Waals surface area contributed by atoms with E-state index in [9.17, 15) is 18.4 Å². The Morgan fingerprint density at radius 3 is 2.53 bits per heavy atom. The number of rotatable bonds is 4. The van der Waals surface area contributed by atoms with Gasteiger partial charge in [0, 0.05) is 5.56 Å². The van der Waals surface area contributed by atoms with Gasteiger partial charge in [0.05, 0.1) is 0 Å². The number of nitrogens with two attached hydrogens (primary N) is 2. The fourth-order valence-corrected chi connectivity index (χ4v) is 0.991. The molecule has 5 N–H and O–H groups in total. The number of carbonyl (C=O) groups excluding carboxylic acids is 2. The molecule has 0 unspecified atom stereocenters. The Morgan fingerprint density at radius 1 is 1.35 bits per heavy atom. The summed E-state index contributed by atoms with van der Waals surface area (Å²) >= 11 is 0. The average Bonchev–Trinajstić information content (AvgIpc) is 2.27. The minimum absolute atomic E-state index is 0.0218. The molecule has 92 valence electrons. The van der Waals surface area contributed by atoms with Crippen LogP contribution in [0.25, 0.3) is 0 Å². The molecule has 1 aromatic rings. The second-order valence-electron chi connectivity index (χ2n) is 2.98. The van der Waals surface area contributed by atoms with Crippen molar-refractivity contribution in [1.29, 1.82) is 0 Å². The number of nitrogens with one attached hydrogen (secondary N) is 1. The van der Waals surface area contributed by atoms with Gasteiger partial charge >= 0.3 is 12.0 Å². The molecule has 17 heavy (non-hydrogen) atoms. The summed E-state index contributed by atoms with van der Waals surface area (Å²) in [5, 5.41) is 0. The molecule has 0 spiro atoms. The third-order valence-electron chi connectivity index (χ3n) is 1.76. The zero-order valence-corrected chi connectivity index (χ0v) is 8.44. The highest BCUT2D eigenvalue weighted by molar-refractivity contribution is 5.93. The predicted octanol–water partition coefficient (Wildman–Crippen LogP) is -0.253. The van der Waals surface area contributed by atoms with Crippen LogP contribution in [0.2, 0.25) is 0 Å². The lowest BCUT2D eigenvalue weighted by Gasteiger charge is -2.15. The fraction of sp³-hybridized carbons (Fsp3) is 0.111. The minimum Gasteiger partial charge on any atom is -0.425 e. The van der Waals surface area contributed by atoms with E-state index in [1.165, 1.54) is 17.6 Å². The summed E-state index contributed by atoms with van der Waals surface area (Å²) in [5.74, 6) is 1.57. The van der Waals surface area contributed by atoms with E-state index in [1.807, 2.05) is 0 Å². The smallest absolute Gasteiger partial charge is 0.425 e. The van der Waals surface area contributed by atoms with Gasteiger partial charge in [-0.05, 0) is 18.2 Å². The molecule has 0 aromatic heterocycles. The summed E-state index contributed by atoms with van der Waals surface area (Å²) in [5.41, 5.74) is 6.19. The number of ether oxygens (including phenoxy) is 1. The van der Waals surface area contributed by atoms with Crippen LogP contribution in [0, 0.1) is 0 Å². The number of amides is 2. The Bertz CT molecular complexity index is 451. The molecule has 6 nitrogen and oxygen atoms in total. The topological polar surface area (TPSA) is 107 Å². The molecule has 1 aromatic carbocycles. The van der Waals surface area contributed by atoms with Gasteiger partial charge in [-0.3, -0.25) is 15.0 Å². The summed E-state index contributed by atoms with van der Waals surface area (Å²) in [6.45, 7) is 0. The van der Waals surface area contributed by atoms with Crippen molar-refractivity contribution in [2.75, 3.05) is 0 Å². The first-order chi connectivity index (χ1) is 7.86. The number of hydrazine groups is 1. The van der Waals surface area contributed by atoms with Crippen LogP contribution >= 0.6 is 0 Å². The number of halogens is 2. The highest BCUT2D eigenvalue weighted by Gasteiger charge is 2.41. The lowest BCUT2D eigenvalue weighted by Crippen LogP contribution is -2.47. The Kier molecular flexibility index (Phi) is 3.59. The third kappa shape index (κ3) is 3.11. The number of benzene rings is 1. The summed E-state index contributed by atoms with van der Waals surface area (Å²) < 4.78 is 30.1. The molecular weight excluding hydrogens is 236 g/mol. The van der Waals surface area contributed by atoms with Crippen molar-refractivity contribution < 1.29 is 23.1 Å². The predicted molar refractivity (Wildman–Crippen MR) is 52.9 cm³/mol. The molecule has 0 heterocycles. The van der Waals surface area contributed by atoms with Crippen molar-refractivity contribution in [3.05, 3.63) is 29.8 Å². The average molecular weight is 245 g/mol. The molecule has 0 atom stereocenters. The van der Waals surface area contributed by atoms with Crippen LogP contribution in [0.5, 0.6) is 5.75 Å². The fourth-order valence-electron chi connectivity index (χ4n) is 0.991. The number of alkyl halides is 2. The van der Waals surface area contributed by atoms with Gasteiger partial charge < -0.3 is 10.5 Å². The second-order valence-corrected chi connectivity index (χ2v) is 2.98. The quantitative estimate of drug-likeness (QED) is 0.386. The van der Waals surface area contributed by atoms with E-state index in [-0.39, 0.29) is 11.3 Å². The molecule has 2 amide bonds. The van der Waals surface area contributed by atoms with Crippen LogP contribution in [0.4, 0.5) is 8.78 Å². The highest BCUT2D eigenvalue weighted by Crippen LogP contribution is 2.22. The number of hydrogen-bond donors (Lipinski definition) is 3. The summed E-state index contributed by atoms with van der Waals surface area (Å²) in [6, 6.07) is 4.73. The van der Waals surface area contributed by atoms with Gasteiger partial charge in [0.25, 0.3) is 0 Å². The van der Waals surface area contributed by atoms with E-state index in [1.54, 1.807) is 0 Å². The Labute approximate surface area is 94.5 Å². The zero-order valence-electron chi connectivity index (χ0n) is 8.44. The van der Waals surface area contributed by atoms with Crippen molar-refractivity contribution in [1.82, 2.24) is 5.43 Å². The molecule has 8 heteroatoms. The lowest BCUT2D eigenvalue weighted by molar-refractivity contribution is -0.192.